The van der Waals surface area contributed by atoms with Crippen molar-refractivity contribution in [1.82, 2.24) is 5.32 Å². The summed E-state index contributed by atoms with van der Waals surface area (Å²) in [6.45, 7) is 4.26. The van der Waals surface area contributed by atoms with E-state index in [4.69, 9.17) is 0 Å². The molecule has 1 aromatic rings. The molecule has 0 spiro atoms. The van der Waals surface area contributed by atoms with Gasteiger partial charge in [0.15, 0.2) is 0 Å². The Morgan fingerprint density at radius 3 is 2.74 bits per heavy atom. The summed E-state index contributed by atoms with van der Waals surface area (Å²) < 4.78 is 13.9. The lowest BCUT2D eigenvalue weighted by Gasteiger charge is -2.24. The molecule has 1 N–H and O–H groups in total. The maximum atomic E-state index is 13.3. The third-order valence-electron chi connectivity index (χ3n) is 4.20. The zero-order chi connectivity index (χ0) is 13.7. The van der Waals surface area contributed by atoms with Crippen LogP contribution in [0, 0.1) is 17.7 Å². The highest BCUT2D eigenvalue weighted by molar-refractivity contribution is 9.10. The first-order chi connectivity index (χ1) is 9.20. The molecule has 0 bridgehead atoms. The first kappa shape index (κ1) is 15.0. The van der Waals surface area contributed by atoms with Crippen LogP contribution in [0.4, 0.5) is 4.39 Å². The number of rotatable bonds is 6. The molecule has 1 fully saturated rings. The van der Waals surface area contributed by atoms with Crippen molar-refractivity contribution in [3.63, 3.8) is 0 Å². The van der Waals surface area contributed by atoms with Crippen molar-refractivity contribution in [2.24, 2.45) is 11.8 Å². The second kappa shape index (κ2) is 7.39. The fraction of sp³-hybridized carbons (Fsp3) is 0.625. The van der Waals surface area contributed by atoms with Crippen molar-refractivity contribution in [3.05, 3.63) is 34.1 Å². The minimum atomic E-state index is -0.173. The lowest BCUT2D eigenvalue weighted by molar-refractivity contribution is 0.323. The summed E-state index contributed by atoms with van der Waals surface area (Å²) in [6.07, 6.45) is 6.52. The smallest absolute Gasteiger partial charge is 0.137 e. The van der Waals surface area contributed by atoms with Crippen LogP contribution in [0.2, 0.25) is 0 Å². The molecule has 1 atom stereocenters. The molecule has 0 amide bonds. The SMILES string of the molecule is CCNCC(Cc1ccc(F)c(Br)c1)C1CCCC1. The number of hydrogen-bond donors (Lipinski definition) is 1. The number of nitrogens with one attached hydrogen (secondary N) is 1. The molecule has 1 nitrogen and oxygen atoms in total. The quantitative estimate of drug-likeness (QED) is 0.808. The summed E-state index contributed by atoms with van der Waals surface area (Å²) in [5, 5.41) is 3.49. The van der Waals surface area contributed by atoms with E-state index in [1.54, 1.807) is 6.07 Å². The van der Waals surface area contributed by atoms with Gasteiger partial charge < -0.3 is 5.32 Å². The van der Waals surface area contributed by atoms with Gasteiger partial charge in [0.05, 0.1) is 4.47 Å². The predicted octanol–water partition coefficient (Wildman–Crippen LogP) is 4.55. The third kappa shape index (κ3) is 4.28. The van der Waals surface area contributed by atoms with Gasteiger partial charge in [-0.3, -0.25) is 0 Å². The Bertz CT molecular complexity index is 402. The molecule has 1 aromatic carbocycles. The van der Waals surface area contributed by atoms with Gasteiger partial charge in [0.25, 0.3) is 0 Å². The highest BCUT2D eigenvalue weighted by Crippen LogP contribution is 2.33. The molecular formula is C16H23BrFN. The van der Waals surface area contributed by atoms with E-state index in [9.17, 15) is 4.39 Å². The molecule has 1 aliphatic carbocycles. The molecule has 1 aliphatic rings. The number of hydrogen-bond acceptors (Lipinski definition) is 1. The van der Waals surface area contributed by atoms with Crippen molar-refractivity contribution in [2.45, 2.75) is 39.0 Å². The van der Waals surface area contributed by atoms with Gasteiger partial charge in [-0.25, -0.2) is 4.39 Å². The van der Waals surface area contributed by atoms with E-state index >= 15 is 0 Å². The monoisotopic (exact) mass is 327 g/mol. The zero-order valence-corrected chi connectivity index (χ0v) is 13.2. The molecule has 2 rings (SSSR count). The molecular weight excluding hydrogens is 305 g/mol. The fourth-order valence-corrected chi connectivity index (χ4v) is 3.56. The van der Waals surface area contributed by atoms with Gasteiger partial charge in [0, 0.05) is 0 Å². The first-order valence-electron chi connectivity index (χ1n) is 7.35. The van der Waals surface area contributed by atoms with Gasteiger partial charge in [0.1, 0.15) is 5.82 Å². The summed E-state index contributed by atoms with van der Waals surface area (Å²) >= 11 is 3.28. The van der Waals surface area contributed by atoms with Crippen molar-refractivity contribution in [3.8, 4) is 0 Å². The second-order valence-corrected chi connectivity index (χ2v) is 6.42. The van der Waals surface area contributed by atoms with Crippen LogP contribution in [0.5, 0.6) is 0 Å². The van der Waals surface area contributed by atoms with E-state index in [1.807, 2.05) is 12.1 Å². The van der Waals surface area contributed by atoms with Crippen LogP contribution in [0.25, 0.3) is 0 Å². The van der Waals surface area contributed by atoms with Crippen LogP contribution in [-0.2, 0) is 6.42 Å². The normalized spacial score (nSPS) is 17.8. The summed E-state index contributed by atoms with van der Waals surface area (Å²) in [6, 6.07) is 5.43. The Kier molecular flexibility index (Phi) is 5.83. The van der Waals surface area contributed by atoms with Gasteiger partial charge >= 0.3 is 0 Å². The molecule has 0 saturated heterocycles. The van der Waals surface area contributed by atoms with Gasteiger partial charge in [-0.15, -0.1) is 0 Å². The summed E-state index contributed by atoms with van der Waals surface area (Å²) in [7, 11) is 0. The van der Waals surface area contributed by atoms with E-state index in [0.717, 1.165) is 25.4 Å². The average molecular weight is 328 g/mol. The molecule has 0 heterocycles. The Labute approximate surface area is 124 Å². The van der Waals surface area contributed by atoms with Crippen LogP contribution >= 0.6 is 15.9 Å². The largest absolute Gasteiger partial charge is 0.317 e. The van der Waals surface area contributed by atoms with Gasteiger partial charge in [-0.2, -0.15) is 0 Å². The maximum Gasteiger partial charge on any atom is 0.137 e. The Balaban J connectivity index is 2.03. The molecule has 0 aliphatic heterocycles. The topological polar surface area (TPSA) is 12.0 Å². The molecule has 19 heavy (non-hydrogen) atoms. The highest BCUT2D eigenvalue weighted by Gasteiger charge is 2.24. The Morgan fingerprint density at radius 1 is 1.37 bits per heavy atom. The summed E-state index contributed by atoms with van der Waals surface area (Å²) in [4.78, 5) is 0. The molecule has 0 aromatic heterocycles. The second-order valence-electron chi connectivity index (χ2n) is 5.56. The minimum Gasteiger partial charge on any atom is -0.317 e. The van der Waals surface area contributed by atoms with Gasteiger partial charge in [0.2, 0.25) is 0 Å². The van der Waals surface area contributed by atoms with E-state index in [1.165, 1.54) is 31.2 Å². The van der Waals surface area contributed by atoms with Crippen LogP contribution < -0.4 is 5.32 Å². The summed E-state index contributed by atoms with van der Waals surface area (Å²) in [5.74, 6) is 1.34. The van der Waals surface area contributed by atoms with Crippen molar-refractivity contribution < 1.29 is 4.39 Å². The maximum absolute atomic E-state index is 13.3. The molecule has 3 heteroatoms. The lowest BCUT2D eigenvalue weighted by atomic mass is 9.85. The average Bonchev–Trinajstić information content (AvgIpc) is 2.92. The molecule has 1 unspecified atom stereocenters. The fourth-order valence-electron chi connectivity index (χ4n) is 3.13. The van der Waals surface area contributed by atoms with E-state index in [-0.39, 0.29) is 5.82 Å². The lowest BCUT2D eigenvalue weighted by Crippen LogP contribution is -2.28. The first-order valence-corrected chi connectivity index (χ1v) is 8.14. The van der Waals surface area contributed by atoms with Crippen molar-refractivity contribution >= 4 is 15.9 Å². The van der Waals surface area contributed by atoms with Crippen LogP contribution in [0.3, 0.4) is 0 Å². The van der Waals surface area contributed by atoms with Crippen LogP contribution in [0.1, 0.15) is 38.2 Å². The third-order valence-corrected chi connectivity index (χ3v) is 4.81. The molecule has 0 radical (unpaired) electrons. The van der Waals surface area contributed by atoms with Gasteiger partial charge in [-0.1, -0.05) is 38.7 Å². The van der Waals surface area contributed by atoms with Crippen molar-refractivity contribution in [2.75, 3.05) is 13.1 Å². The Hall–Kier alpha value is -0.410. The van der Waals surface area contributed by atoms with Crippen LogP contribution in [0.15, 0.2) is 22.7 Å². The van der Waals surface area contributed by atoms with E-state index in [2.05, 4.69) is 28.2 Å². The predicted molar refractivity (Wildman–Crippen MR) is 81.8 cm³/mol. The van der Waals surface area contributed by atoms with E-state index < -0.39 is 0 Å². The zero-order valence-electron chi connectivity index (χ0n) is 11.6. The van der Waals surface area contributed by atoms with E-state index in [0.29, 0.717) is 10.4 Å². The number of halogens is 2. The Morgan fingerprint density at radius 2 is 2.11 bits per heavy atom. The van der Waals surface area contributed by atoms with Crippen molar-refractivity contribution in [1.29, 1.82) is 0 Å². The summed E-state index contributed by atoms with van der Waals surface area (Å²) in [5.41, 5.74) is 1.24. The molecule has 106 valence electrons. The van der Waals surface area contributed by atoms with Gasteiger partial charge in [-0.05, 0) is 65.0 Å². The number of benzene rings is 1. The molecule has 1 saturated carbocycles. The minimum absolute atomic E-state index is 0.173. The highest BCUT2D eigenvalue weighted by atomic mass is 79.9. The van der Waals surface area contributed by atoms with Crippen LogP contribution in [-0.4, -0.2) is 13.1 Å². The standard InChI is InChI=1S/C16H23BrFN/c1-2-19-11-14(13-5-3-4-6-13)9-12-7-8-16(18)15(17)10-12/h7-8,10,13-14,19H,2-6,9,11H2,1H3.